The van der Waals surface area contributed by atoms with Crippen molar-refractivity contribution >= 4 is 11.5 Å². The minimum atomic E-state index is 0.266. The Morgan fingerprint density at radius 3 is 3.00 bits per heavy atom. The number of nitrogens with zero attached hydrogens (tertiary/aromatic N) is 1. The maximum absolute atomic E-state index is 11.7. The van der Waals surface area contributed by atoms with Crippen molar-refractivity contribution in [2.75, 3.05) is 18.0 Å². The molecule has 1 aliphatic rings. The van der Waals surface area contributed by atoms with Gasteiger partial charge in [-0.1, -0.05) is 24.3 Å². The Morgan fingerprint density at radius 1 is 1.40 bits per heavy atom. The normalized spacial score (nSPS) is 15.8. The molecule has 1 aromatic rings. The molecular weight excluding hydrogens is 186 g/mol. The van der Waals surface area contributed by atoms with Gasteiger partial charge in [-0.05, 0) is 19.1 Å². The van der Waals surface area contributed by atoms with Crippen molar-refractivity contribution in [1.82, 2.24) is 0 Å². The molecule has 0 aliphatic carbocycles. The zero-order valence-corrected chi connectivity index (χ0v) is 8.94. The van der Waals surface area contributed by atoms with Crippen LogP contribution in [-0.2, 0) is 0 Å². The van der Waals surface area contributed by atoms with Gasteiger partial charge < -0.3 is 4.90 Å². The fourth-order valence-corrected chi connectivity index (χ4v) is 1.90. The van der Waals surface area contributed by atoms with E-state index in [-0.39, 0.29) is 5.78 Å². The first-order valence-electron chi connectivity index (χ1n) is 5.31. The van der Waals surface area contributed by atoms with Crippen molar-refractivity contribution < 1.29 is 4.79 Å². The molecule has 2 heteroatoms. The molecule has 0 N–H and O–H groups in total. The van der Waals surface area contributed by atoms with Crippen LogP contribution in [0.4, 0.5) is 5.69 Å². The van der Waals surface area contributed by atoms with Gasteiger partial charge in [-0.25, -0.2) is 0 Å². The number of Topliss-reactive ketones (excluding diaryl/α,β-unsaturated/α-hetero) is 1. The van der Waals surface area contributed by atoms with E-state index >= 15 is 0 Å². The fraction of sp³-hybridized carbons (Fsp3) is 0.308. The third-order valence-corrected chi connectivity index (χ3v) is 2.72. The monoisotopic (exact) mass is 201 g/mol. The maximum atomic E-state index is 11.7. The lowest BCUT2D eigenvalue weighted by Gasteiger charge is -2.29. The van der Waals surface area contributed by atoms with E-state index in [1.165, 1.54) is 0 Å². The highest BCUT2D eigenvalue weighted by Gasteiger charge is 2.21. The summed E-state index contributed by atoms with van der Waals surface area (Å²) in [6.45, 7) is 3.74. The Hall–Kier alpha value is -1.57. The molecule has 0 saturated heterocycles. The highest BCUT2D eigenvalue weighted by atomic mass is 16.1. The van der Waals surface area contributed by atoms with Gasteiger partial charge in [0.25, 0.3) is 0 Å². The number of rotatable bonds is 2. The Labute approximate surface area is 90.2 Å². The zero-order valence-electron chi connectivity index (χ0n) is 8.94. The van der Waals surface area contributed by atoms with Gasteiger partial charge in [-0.3, -0.25) is 4.79 Å². The van der Waals surface area contributed by atoms with Crippen LogP contribution in [0, 0.1) is 0 Å². The molecule has 0 saturated carbocycles. The first kappa shape index (κ1) is 9.97. The zero-order chi connectivity index (χ0) is 10.7. The van der Waals surface area contributed by atoms with Crippen LogP contribution in [0.1, 0.15) is 23.7 Å². The van der Waals surface area contributed by atoms with Gasteiger partial charge in [-0.15, -0.1) is 0 Å². The Kier molecular flexibility index (Phi) is 2.86. The number of para-hydroxylation sites is 1. The topological polar surface area (TPSA) is 20.3 Å². The molecule has 2 nitrogen and oxygen atoms in total. The number of benzene rings is 1. The maximum Gasteiger partial charge on any atom is 0.166 e. The molecule has 2 rings (SSSR count). The van der Waals surface area contributed by atoms with Crippen molar-refractivity contribution in [2.45, 2.75) is 13.3 Å². The predicted molar refractivity (Wildman–Crippen MR) is 62.4 cm³/mol. The molecule has 78 valence electrons. The van der Waals surface area contributed by atoms with Crippen LogP contribution in [0.5, 0.6) is 0 Å². The van der Waals surface area contributed by atoms with Crippen molar-refractivity contribution in [3.05, 3.63) is 42.0 Å². The van der Waals surface area contributed by atoms with E-state index in [0.717, 1.165) is 24.3 Å². The Balaban J connectivity index is 2.31. The summed E-state index contributed by atoms with van der Waals surface area (Å²) in [4.78, 5) is 13.9. The number of carbonyl (C=O) groups is 1. The number of anilines is 1. The van der Waals surface area contributed by atoms with Gasteiger partial charge in [0.05, 0.1) is 0 Å². The molecule has 0 atom stereocenters. The van der Waals surface area contributed by atoms with Crippen LogP contribution in [0.15, 0.2) is 36.4 Å². The lowest BCUT2D eigenvalue weighted by atomic mass is 10.0. The summed E-state index contributed by atoms with van der Waals surface area (Å²) in [5.41, 5.74) is 1.94. The second-order valence-electron chi connectivity index (χ2n) is 3.71. The third-order valence-electron chi connectivity index (χ3n) is 2.72. The summed E-state index contributed by atoms with van der Waals surface area (Å²) < 4.78 is 0. The van der Waals surface area contributed by atoms with Gasteiger partial charge in [-0.2, -0.15) is 0 Å². The van der Waals surface area contributed by atoms with Crippen molar-refractivity contribution in [3.63, 3.8) is 0 Å². The molecule has 0 bridgehead atoms. The second kappa shape index (κ2) is 4.30. The lowest BCUT2D eigenvalue weighted by Crippen LogP contribution is -2.32. The molecule has 0 fully saturated rings. The number of hydrogen-bond acceptors (Lipinski definition) is 2. The van der Waals surface area contributed by atoms with Gasteiger partial charge in [0, 0.05) is 30.8 Å². The largest absolute Gasteiger partial charge is 0.367 e. The molecule has 1 heterocycles. The number of allylic oxidation sites excluding steroid dienone is 1. The summed E-state index contributed by atoms with van der Waals surface area (Å²) in [5.74, 6) is 0.266. The molecule has 1 aliphatic heterocycles. The van der Waals surface area contributed by atoms with E-state index in [9.17, 15) is 4.79 Å². The van der Waals surface area contributed by atoms with Gasteiger partial charge in [0.15, 0.2) is 5.78 Å². The van der Waals surface area contributed by atoms with Gasteiger partial charge in [0.2, 0.25) is 0 Å². The summed E-state index contributed by atoms with van der Waals surface area (Å²) in [7, 11) is 0. The molecular formula is C13H15NO. The highest BCUT2D eigenvalue weighted by molar-refractivity contribution is 6.03. The SMILES string of the molecule is CC=CCN1CCC(=O)c2ccccc21. The fourth-order valence-electron chi connectivity index (χ4n) is 1.90. The average Bonchev–Trinajstić information content (AvgIpc) is 2.29. The van der Waals surface area contributed by atoms with E-state index < -0.39 is 0 Å². The van der Waals surface area contributed by atoms with Crippen LogP contribution in [-0.4, -0.2) is 18.9 Å². The molecule has 0 radical (unpaired) electrons. The summed E-state index contributed by atoms with van der Waals surface area (Å²) in [6, 6.07) is 7.85. The first-order valence-corrected chi connectivity index (χ1v) is 5.31. The summed E-state index contributed by atoms with van der Waals surface area (Å²) in [5, 5.41) is 0. The minimum absolute atomic E-state index is 0.266. The van der Waals surface area contributed by atoms with Crippen LogP contribution in [0.25, 0.3) is 0 Å². The third kappa shape index (κ3) is 1.94. The molecule has 1 aromatic carbocycles. The van der Waals surface area contributed by atoms with E-state index in [0.29, 0.717) is 6.42 Å². The Morgan fingerprint density at radius 2 is 2.20 bits per heavy atom. The summed E-state index contributed by atoms with van der Waals surface area (Å²) >= 11 is 0. The van der Waals surface area contributed by atoms with Crippen LogP contribution in [0.3, 0.4) is 0 Å². The van der Waals surface area contributed by atoms with Crippen molar-refractivity contribution in [1.29, 1.82) is 0 Å². The minimum Gasteiger partial charge on any atom is -0.367 e. The van der Waals surface area contributed by atoms with Gasteiger partial charge >= 0.3 is 0 Å². The number of ketones is 1. The first-order chi connectivity index (χ1) is 7.33. The number of fused-ring (bicyclic) bond motifs is 1. The standard InChI is InChI=1S/C13H15NO/c1-2-3-9-14-10-8-13(15)11-6-4-5-7-12(11)14/h2-7H,8-10H2,1H3. The number of carbonyl (C=O) groups excluding carboxylic acids is 1. The van der Waals surface area contributed by atoms with E-state index in [4.69, 9.17) is 0 Å². The smallest absolute Gasteiger partial charge is 0.166 e. The van der Waals surface area contributed by atoms with Crippen LogP contribution >= 0.6 is 0 Å². The van der Waals surface area contributed by atoms with E-state index in [2.05, 4.69) is 11.0 Å². The molecule has 15 heavy (non-hydrogen) atoms. The van der Waals surface area contributed by atoms with Crippen molar-refractivity contribution in [3.8, 4) is 0 Å². The molecule has 0 unspecified atom stereocenters. The van der Waals surface area contributed by atoms with Crippen LogP contribution in [0.2, 0.25) is 0 Å². The highest BCUT2D eigenvalue weighted by Crippen LogP contribution is 2.26. The molecule has 0 spiro atoms. The van der Waals surface area contributed by atoms with Crippen molar-refractivity contribution in [2.24, 2.45) is 0 Å². The summed E-state index contributed by atoms with van der Waals surface area (Å²) in [6.07, 6.45) is 4.79. The average molecular weight is 201 g/mol. The van der Waals surface area contributed by atoms with E-state index in [1.54, 1.807) is 0 Å². The molecule has 0 amide bonds. The quantitative estimate of drug-likeness (QED) is 0.686. The van der Waals surface area contributed by atoms with Crippen LogP contribution < -0.4 is 4.90 Å². The van der Waals surface area contributed by atoms with E-state index in [1.807, 2.05) is 37.3 Å². The number of hydrogen-bond donors (Lipinski definition) is 0. The predicted octanol–water partition coefficient (Wildman–Crippen LogP) is 2.66. The lowest BCUT2D eigenvalue weighted by molar-refractivity contribution is 0.0980. The van der Waals surface area contributed by atoms with Gasteiger partial charge in [0.1, 0.15) is 0 Å². The Bertz CT molecular complexity index is 395. The molecule has 0 aromatic heterocycles. The second-order valence-corrected chi connectivity index (χ2v) is 3.71.